The minimum atomic E-state index is -0.130. The van der Waals surface area contributed by atoms with Gasteiger partial charge in [0.2, 0.25) is 0 Å². The number of thiophene rings is 1. The van der Waals surface area contributed by atoms with Crippen LogP contribution in [-0.4, -0.2) is 51.7 Å². The topological polar surface area (TPSA) is 58.4 Å². The van der Waals surface area contributed by atoms with Gasteiger partial charge in [0.15, 0.2) is 5.69 Å². The summed E-state index contributed by atoms with van der Waals surface area (Å²) in [6.45, 7) is 6.46. The van der Waals surface area contributed by atoms with Crippen molar-refractivity contribution in [2.45, 2.75) is 26.4 Å². The Morgan fingerprint density at radius 1 is 1.11 bits per heavy atom. The van der Waals surface area contributed by atoms with Gasteiger partial charge in [0.05, 0.1) is 5.39 Å². The molecule has 0 bridgehead atoms. The van der Waals surface area contributed by atoms with Crippen LogP contribution in [0.5, 0.6) is 0 Å². The molecule has 0 N–H and O–H groups in total. The Morgan fingerprint density at radius 2 is 1.86 bits per heavy atom. The smallest absolute Gasteiger partial charge is 0.275 e. The number of nitrogens with zero attached hydrogens (tertiary/aromatic N) is 4. The molecule has 0 unspecified atom stereocenters. The standard InChI is InChI=1S/C21H24N4O2S/c1-2-8-25-20(26)18-6-4-3-5-17(18)19(22-25)21(27)24-11-9-23(10-12-24)14-16-7-13-28-15-16/h3-7,13,15H,2,8-12,14H2,1H3. The number of rotatable bonds is 5. The van der Waals surface area contributed by atoms with Gasteiger partial charge < -0.3 is 4.90 Å². The van der Waals surface area contributed by atoms with Crippen molar-refractivity contribution >= 4 is 28.0 Å². The second-order valence-electron chi connectivity index (χ2n) is 7.12. The first-order valence-corrected chi connectivity index (χ1v) is 10.6. The zero-order valence-electron chi connectivity index (χ0n) is 16.0. The van der Waals surface area contributed by atoms with Gasteiger partial charge in [0.25, 0.3) is 11.5 Å². The molecule has 1 aromatic carbocycles. The van der Waals surface area contributed by atoms with Crippen molar-refractivity contribution in [3.05, 3.63) is 62.7 Å². The average Bonchev–Trinajstić information content (AvgIpc) is 3.23. The fourth-order valence-corrected chi connectivity index (χ4v) is 4.32. The van der Waals surface area contributed by atoms with Gasteiger partial charge >= 0.3 is 0 Å². The van der Waals surface area contributed by atoms with Crippen molar-refractivity contribution in [3.63, 3.8) is 0 Å². The van der Waals surface area contributed by atoms with Crippen molar-refractivity contribution in [3.8, 4) is 0 Å². The lowest BCUT2D eigenvalue weighted by Gasteiger charge is -2.34. The number of piperazine rings is 1. The Balaban J connectivity index is 1.56. The van der Waals surface area contributed by atoms with Crippen molar-refractivity contribution in [1.82, 2.24) is 19.6 Å². The molecule has 4 rings (SSSR count). The molecule has 1 amide bonds. The van der Waals surface area contributed by atoms with Gasteiger partial charge in [-0.25, -0.2) is 4.68 Å². The molecule has 0 saturated carbocycles. The number of hydrogen-bond donors (Lipinski definition) is 0. The molecule has 7 heteroatoms. The number of aryl methyl sites for hydroxylation is 1. The maximum Gasteiger partial charge on any atom is 0.275 e. The largest absolute Gasteiger partial charge is 0.335 e. The van der Waals surface area contributed by atoms with E-state index in [1.165, 1.54) is 10.2 Å². The van der Waals surface area contributed by atoms with Crippen LogP contribution in [0.1, 0.15) is 29.4 Å². The highest BCUT2D eigenvalue weighted by Gasteiger charge is 2.25. The van der Waals surface area contributed by atoms with Crippen LogP contribution in [-0.2, 0) is 13.1 Å². The third-order valence-electron chi connectivity index (χ3n) is 5.15. The summed E-state index contributed by atoms with van der Waals surface area (Å²) in [5.74, 6) is -0.0868. The highest BCUT2D eigenvalue weighted by Crippen LogP contribution is 2.17. The third kappa shape index (κ3) is 3.72. The van der Waals surface area contributed by atoms with Crippen LogP contribution in [0, 0.1) is 0 Å². The molecule has 1 saturated heterocycles. The van der Waals surface area contributed by atoms with Crippen molar-refractivity contribution in [1.29, 1.82) is 0 Å². The van der Waals surface area contributed by atoms with E-state index in [2.05, 4.69) is 26.8 Å². The molecule has 0 aliphatic carbocycles. The lowest BCUT2D eigenvalue weighted by atomic mass is 10.1. The Morgan fingerprint density at radius 3 is 2.54 bits per heavy atom. The van der Waals surface area contributed by atoms with Gasteiger partial charge in [-0.15, -0.1) is 0 Å². The number of carbonyl (C=O) groups is 1. The minimum absolute atomic E-state index is 0.0868. The Labute approximate surface area is 168 Å². The summed E-state index contributed by atoms with van der Waals surface area (Å²) >= 11 is 1.71. The van der Waals surface area contributed by atoms with Crippen LogP contribution >= 0.6 is 11.3 Å². The molecular weight excluding hydrogens is 372 g/mol. The van der Waals surface area contributed by atoms with Crippen LogP contribution in [0.4, 0.5) is 0 Å². The second kappa shape index (κ2) is 8.24. The van der Waals surface area contributed by atoms with Crippen LogP contribution in [0.15, 0.2) is 45.9 Å². The zero-order valence-corrected chi connectivity index (χ0v) is 16.8. The highest BCUT2D eigenvalue weighted by molar-refractivity contribution is 7.07. The van der Waals surface area contributed by atoms with Crippen LogP contribution in [0.2, 0.25) is 0 Å². The van der Waals surface area contributed by atoms with Crippen molar-refractivity contribution in [2.75, 3.05) is 26.2 Å². The SMILES string of the molecule is CCCn1nc(C(=O)N2CCN(Cc3ccsc3)CC2)c2ccccc2c1=O. The van der Waals surface area contributed by atoms with E-state index in [0.717, 1.165) is 26.1 Å². The molecule has 1 aliphatic rings. The first kappa shape index (κ1) is 18.8. The normalized spacial score (nSPS) is 15.2. The fraction of sp³-hybridized carbons (Fsp3) is 0.381. The lowest BCUT2D eigenvalue weighted by molar-refractivity contribution is 0.0622. The summed E-state index contributed by atoms with van der Waals surface area (Å²) in [6, 6.07) is 9.43. The van der Waals surface area contributed by atoms with E-state index in [-0.39, 0.29) is 11.5 Å². The van der Waals surface area contributed by atoms with E-state index >= 15 is 0 Å². The van der Waals surface area contributed by atoms with Gasteiger partial charge in [-0.1, -0.05) is 25.1 Å². The summed E-state index contributed by atoms with van der Waals surface area (Å²) < 4.78 is 1.43. The predicted molar refractivity (Wildman–Crippen MR) is 112 cm³/mol. The summed E-state index contributed by atoms with van der Waals surface area (Å²) in [5.41, 5.74) is 1.58. The first-order valence-electron chi connectivity index (χ1n) is 9.70. The molecule has 0 radical (unpaired) electrons. The molecule has 2 aromatic heterocycles. The molecule has 146 valence electrons. The summed E-state index contributed by atoms with van der Waals surface area (Å²) in [4.78, 5) is 30.1. The van der Waals surface area contributed by atoms with Gasteiger partial charge in [-0.3, -0.25) is 14.5 Å². The molecule has 3 heterocycles. The summed E-state index contributed by atoms with van der Waals surface area (Å²) in [7, 11) is 0. The Bertz CT molecular complexity index is 1020. The molecular formula is C21H24N4O2S. The Kier molecular flexibility index (Phi) is 5.54. The quantitative estimate of drug-likeness (QED) is 0.665. The second-order valence-corrected chi connectivity index (χ2v) is 7.90. The highest BCUT2D eigenvalue weighted by atomic mass is 32.1. The fourth-order valence-electron chi connectivity index (χ4n) is 3.66. The first-order chi connectivity index (χ1) is 13.7. The van der Waals surface area contributed by atoms with Crippen LogP contribution in [0.3, 0.4) is 0 Å². The monoisotopic (exact) mass is 396 g/mol. The van der Waals surface area contributed by atoms with Crippen molar-refractivity contribution < 1.29 is 4.79 Å². The molecule has 1 fully saturated rings. The van der Waals surface area contributed by atoms with Gasteiger partial charge in [0.1, 0.15) is 0 Å². The maximum atomic E-state index is 13.2. The molecule has 0 atom stereocenters. The lowest BCUT2D eigenvalue weighted by Crippen LogP contribution is -2.48. The van der Waals surface area contributed by atoms with Crippen molar-refractivity contribution in [2.24, 2.45) is 0 Å². The van der Waals surface area contributed by atoms with E-state index in [9.17, 15) is 9.59 Å². The molecule has 28 heavy (non-hydrogen) atoms. The molecule has 6 nitrogen and oxygen atoms in total. The van der Waals surface area contributed by atoms with E-state index in [1.807, 2.05) is 30.0 Å². The molecule has 3 aromatic rings. The van der Waals surface area contributed by atoms with E-state index in [0.29, 0.717) is 36.1 Å². The van der Waals surface area contributed by atoms with Gasteiger partial charge in [-0.05, 0) is 34.9 Å². The molecule has 1 aliphatic heterocycles. The third-order valence-corrected chi connectivity index (χ3v) is 5.88. The number of amides is 1. The van der Waals surface area contributed by atoms with Gasteiger partial charge in [0, 0.05) is 44.7 Å². The summed E-state index contributed by atoms with van der Waals surface area (Å²) in [6.07, 6.45) is 0.792. The Hall–Kier alpha value is -2.51. The van der Waals surface area contributed by atoms with Gasteiger partial charge in [-0.2, -0.15) is 16.4 Å². The maximum absolute atomic E-state index is 13.2. The number of fused-ring (bicyclic) bond motifs is 1. The number of benzene rings is 1. The number of hydrogen-bond acceptors (Lipinski definition) is 5. The summed E-state index contributed by atoms with van der Waals surface area (Å²) in [5, 5.41) is 9.92. The zero-order chi connectivity index (χ0) is 19.5. The predicted octanol–water partition coefficient (Wildman–Crippen LogP) is 2.83. The van der Waals surface area contributed by atoms with Crippen LogP contribution < -0.4 is 5.56 Å². The molecule has 0 spiro atoms. The van der Waals surface area contributed by atoms with Crippen LogP contribution in [0.25, 0.3) is 10.8 Å². The number of carbonyl (C=O) groups excluding carboxylic acids is 1. The van der Waals surface area contributed by atoms with E-state index in [4.69, 9.17) is 0 Å². The van der Waals surface area contributed by atoms with E-state index < -0.39 is 0 Å². The average molecular weight is 397 g/mol. The number of aromatic nitrogens is 2. The van der Waals surface area contributed by atoms with E-state index in [1.54, 1.807) is 17.4 Å². The minimum Gasteiger partial charge on any atom is -0.335 e.